The van der Waals surface area contributed by atoms with Gasteiger partial charge in [-0.1, -0.05) is 78.9 Å². The van der Waals surface area contributed by atoms with Crippen LogP contribution in [0.4, 0.5) is 0 Å². The smallest absolute Gasteiger partial charge is 0.268 e. The van der Waals surface area contributed by atoms with Crippen LogP contribution < -0.4 is 4.74 Å². The molecule has 2 aliphatic rings. The summed E-state index contributed by atoms with van der Waals surface area (Å²) in [4.78, 5) is 20.2. The minimum atomic E-state index is -0.734. The Labute approximate surface area is 170 Å². The van der Waals surface area contributed by atoms with Gasteiger partial charge in [-0.25, -0.2) is 0 Å². The number of aliphatic imine (C=N–C) groups is 1. The van der Waals surface area contributed by atoms with Crippen LogP contribution in [0.3, 0.4) is 0 Å². The Kier molecular flexibility index (Phi) is 4.20. The van der Waals surface area contributed by atoms with Crippen LogP contribution in [0.1, 0.15) is 18.1 Å². The van der Waals surface area contributed by atoms with Crippen LogP contribution in [0.25, 0.3) is 0 Å². The van der Waals surface area contributed by atoms with Gasteiger partial charge in [-0.2, -0.15) is 0 Å². The van der Waals surface area contributed by atoms with Crippen LogP contribution in [-0.2, 0) is 10.3 Å². The zero-order valence-corrected chi connectivity index (χ0v) is 16.2. The maximum Gasteiger partial charge on any atom is 0.268 e. The number of benzene rings is 3. The van der Waals surface area contributed by atoms with Crippen LogP contribution >= 0.6 is 0 Å². The maximum atomic E-state index is 13.2. The number of hydrogen-bond acceptors (Lipinski definition) is 3. The van der Waals surface area contributed by atoms with Crippen LogP contribution in [0.2, 0.25) is 0 Å². The van der Waals surface area contributed by atoms with E-state index in [4.69, 9.17) is 9.73 Å². The van der Waals surface area contributed by atoms with E-state index in [1.54, 1.807) is 0 Å². The van der Waals surface area contributed by atoms with E-state index < -0.39 is 11.6 Å². The topological polar surface area (TPSA) is 41.9 Å². The molecule has 3 atom stereocenters. The Bertz CT molecular complexity index is 1050. The molecule has 29 heavy (non-hydrogen) atoms. The van der Waals surface area contributed by atoms with Gasteiger partial charge >= 0.3 is 0 Å². The molecule has 0 aliphatic carbocycles. The highest BCUT2D eigenvalue weighted by Gasteiger charge is 2.67. The highest BCUT2D eigenvalue weighted by Crippen LogP contribution is 2.48. The molecular weight excluding hydrogens is 360 g/mol. The van der Waals surface area contributed by atoms with Crippen molar-refractivity contribution in [1.29, 1.82) is 0 Å². The lowest BCUT2D eigenvalue weighted by molar-refractivity contribution is -0.174. The molecule has 0 radical (unpaired) electrons. The van der Waals surface area contributed by atoms with Crippen molar-refractivity contribution in [2.45, 2.75) is 24.6 Å². The lowest BCUT2D eigenvalue weighted by Crippen LogP contribution is -2.79. The number of carbonyl (C=O) groups is 1. The van der Waals surface area contributed by atoms with Gasteiger partial charge in [-0.05, 0) is 30.2 Å². The van der Waals surface area contributed by atoms with Gasteiger partial charge in [-0.15, -0.1) is 0 Å². The minimum Gasteiger partial charge on any atom is -0.477 e. The summed E-state index contributed by atoms with van der Waals surface area (Å²) in [5.74, 6) is 0.694. The third-order valence-electron chi connectivity index (χ3n) is 5.71. The summed E-state index contributed by atoms with van der Waals surface area (Å²) < 4.78 is 6.30. The van der Waals surface area contributed by atoms with E-state index in [9.17, 15) is 4.79 Å². The molecule has 3 aromatic carbocycles. The Morgan fingerprint density at radius 3 is 2.14 bits per heavy atom. The lowest BCUT2D eigenvalue weighted by atomic mass is 9.68. The molecule has 5 rings (SSSR count). The second-order valence-electron chi connectivity index (χ2n) is 7.58. The molecule has 2 aliphatic heterocycles. The third kappa shape index (κ3) is 2.67. The van der Waals surface area contributed by atoms with Gasteiger partial charge in [-0.3, -0.25) is 9.79 Å². The Hall–Kier alpha value is -3.40. The van der Waals surface area contributed by atoms with Gasteiger partial charge < -0.3 is 9.64 Å². The van der Waals surface area contributed by atoms with Crippen molar-refractivity contribution >= 4 is 11.6 Å². The second kappa shape index (κ2) is 6.89. The molecule has 144 valence electrons. The van der Waals surface area contributed by atoms with Crippen LogP contribution in [0, 0.1) is 0 Å². The number of fused-ring (bicyclic) bond motifs is 1. The first kappa shape index (κ1) is 17.7. The molecule has 0 saturated carbocycles. The summed E-state index contributed by atoms with van der Waals surface area (Å²) >= 11 is 0. The monoisotopic (exact) mass is 382 g/mol. The SMILES string of the molecule is CC1CN2C(=O)[C@@H](Oc3ccccc3)[C@]2(c2ccccc2)C(c2ccccc2)=N1. The summed E-state index contributed by atoms with van der Waals surface area (Å²) in [5.41, 5.74) is 2.20. The fraction of sp³-hybridized carbons (Fsp3) is 0.200. The van der Waals surface area contributed by atoms with Crippen molar-refractivity contribution < 1.29 is 9.53 Å². The largest absolute Gasteiger partial charge is 0.477 e. The third-order valence-corrected chi connectivity index (χ3v) is 5.71. The number of para-hydroxylation sites is 1. The summed E-state index contributed by atoms with van der Waals surface area (Å²) in [5, 5.41) is 0. The van der Waals surface area contributed by atoms with Gasteiger partial charge in [0.1, 0.15) is 5.75 Å². The molecule has 0 N–H and O–H groups in total. The van der Waals surface area contributed by atoms with E-state index in [1.165, 1.54) is 0 Å². The molecule has 1 saturated heterocycles. The first-order valence-corrected chi connectivity index (χ1v) is 9.93. The number of nitrogens with zero attached hydrogens (tertiary/aromatic N) is 2. The number of β-lactam (4-membered cyclic amide) rings is 1. The van der Waals surface area contributed by atoms with E-state index in [2.05, 4.69) is 31.2 Å². The molecule has 1 unspecified atom stereocenters. The number of carbonyl (C=O) groups excluding carboxylic acids is 1. The Morgan fingerprint density at radius 1 is 0.897 bits per heavy atom. The predicted molar refractivity (Wildman–Crippen MR) is 113 cm³/mol. The fourth-order valence-electron chi connectivity index (χ4n) is 4.48. The highest BCUT2D eigenvalue weighted by molar-refractivity contribution is 6.17. The number of hydrogen-bond donors (Lipinski definition) is 0. The zero-order valence-electron chi connectivity index (χ0n) is 16.2. The van der Waals surface area contributed by atoms with Crippen molar-refractivity contribution in [3.05, 3.63) is 102 Å². The molecule has 4 heteroatoms. The summed E-state index contributed by atoms with van der Waals surface area (Å²) in [7, 11) is 0. The average Bonchev–Trinajstić information content (AvgIpc) is 2.79. The van der Waals surface area contributed by atoms with Crippen molar-refractivity contribution in [3.8, 4) is 5.75 Å². The summed E-state index contributed by atoms with van der Waals surface area (Å²) in [6.07, 6.45) is -0.654. The maximum absolute atomic E-state index is 13.2. The van der Waals surface area contributed by atoms with E-state index >= 15 is 0 Å². The summed E-state index contributed by atoms with van der Waals surface area (Å²) in [6, 6.07) is 29.8. The van der Waals surface area contributed by atoms with Crippen molar-refractivity contribution in [2.24, 2.45) is 4.99 Å². The zero-order chi connectivity index (χ0) is 19.8. The van der Waals surface area contributed by atoms with Gasteiger partial charge in [0.2, 0.25) is 6.10 Å². The first-order chi connectivity index (χ1) is 14.2. The van der Waals surface area contributed by atoms with E-state index in [0.717, 1.165) is 16.8 Å². The molecule has 0 bridgehead atoms. The summed E-state index contributed by atoms with van der Waals surface area (Å²) in [6.45, 7) is 2.63. The predicted octanol–water partition coefficient (Wildman–Crippen LogP) is 4.06. The van der Waals surface area contributed by atoms with Crippen LogP contribution in [0.5, 0.6) is 5.75 Å². The normalized spacial score (nSPS) is 25.6. The minimum absolute atomic E-state index is 0.00730. The van der Waals surface area contributed by atoms with E-state index in [1.807, 2.05) is 71.6 Å². The van der Waals surface area contributed by atoms with Gasteiger partial charge in [0.25, 0.3) is 5.91 Å². The van der Waals surface area contributed by atoms with Crippen LogP contribution in [0.15, 0.2) is 96.0 Å². The molecule has 3 aromatic rings. The number of rotatable bonds is 4. The molecule has 1 amide bonds. The second-order valence-corrected chi connectivity index (χ2v) is 7.58. The highest BCUT2D eigenvalue weighted by atomic mass is 16.5. The van der Waals surface area contributed by atoms with E-state index in [-0.39, 0.29) is 11.9 Å². The van der Waals surface area contributed by atoms with Gasteiger partial charge in [0.05, 0.1) is 11.8 Å². The molecule has 0 spiro atoms. The Morgan fingerprint density at radius 2 is 1.48 bits per heavy atom. The Balaban J connectivity index is 1.71. The van der Waals surface area contributed by atoms with Crippen LogP contribution in [-0.4, -0.2) is 35.2 Å². The number of ether oxygens (including phenoxy) is 1. The van der Waals surface area contributed by atoms with Gasteiger partial charge in [0.15, 0.2) is 5.54 Å². The van der Waals surface area contributed by atoms with Crippen molar-refractivity contribution in [3.63, 3.8) is 0 Å². The fourth-order valence-corrected chi connectivity index (χ4v) is 4.48. The number of amides is 1. The molecule has 2 heterocycles. The van der Waals surface area contributed by atoms with Crippen molar-refractivity contribution in [2.75, 3.05) is 6.54 Å². The first-order valence-electron chi connectivity index (χ1n) is 9.93. The quantitative estimate of drug-likeness (QED) is 0.639. The average molecular weight is 382 g/mol. The lowest BCUT2D eigenvalue weighted by Gasteiger charge is -2.59. The molecular formula is C25H22N2O2. The molecule has 0 aromatic heterocycles. The molecule has 1 fully saturated rings. The van der Waals surface area contributed by atoms with Gasteiger partial charge in [0, 0.05) is 6.54 Å². The standard InChI is InChI=1S/C25H22N2O2/c1-18-17-27-24(28)23(29-21-15-9-4-10-16-21)25(27,20-13-7-3-8-14-20)22(26-18)19-11-5-2-6-12-19/h2-16,18,23H,17H2,1H3/t18?,23-,25+/m1/s1. The molecule has 4 nitrogen and oxygen atoms in total. The van der Waals surface area contributed by atoms with Crippen molar-refractivity contribution in [1.82, 2.24) is 4.90 Å². The van der Waals surface area contributed by atoms with E-state index in [0.29, 0.717) is 12.3 Å².